The Morgan fingerprint density at radius 3 is 2.18 bits per heavy atom. The number of carbonyl (C=O) groups is 1. The van der Waals surface area contributed by atoms with E-state index in [0.29, 0.717) is 28.8 Å². The molecule has 6 nitrogen and oxygen atoms in total. The molecule has 1 saturated heterocycles. The number of rotatable bonds is 4. The van der Waals surface area contributed by atoms with Gasteiger partial charge in [0.1, 0.15) is 11.3 Å². The highest BCUT2D eigenvalue weighted by Gasteiger charge is 2.31. The van der Waals surface area contributed by atoms with Crippen molar-refractivity contribution in [1.29, 1.82) is 0 Å². The van der Waals surface area contributed by atoms with Gasteiger partial charge in [0, 0.05) is 35.6 Å². The lowest BCUT2D eigenvalue weighted by molar-refractivity contribution is 0.0694. The fourth-order valence-corrected chi connectivity index (χ4v) is 4.88. The van der Waals surface area contributed by atoms with E-state index in [-0.39, 0.29) is 11.3 Å². The maximum absolute atomic E-state index is 13.3. The third kappa shape index (κ3) is 3.40. The van der Waals surface area contributed by atoms with Crippen molar-refractivity contribution >= 4 is 33.8 Å². The lowest BCUT2D eigenvalue weighted by atomic mass is 10.1. The molecule has 3 aromatic rings. The predicted octanol–water partition coefficient (Wildman–Crippen LogP) is 3.09. The van der Waals surface area contributed by atoms with Crippen LogP contribution in [0.15, 0.2) is 65.6 Å². The molecule has 1 atom stereocenters. The number of nitrogens with zero attached hydrogens (tertiary/aromatic N) is 2. The number of anilines is 1. The van der Waals surface area contributed by atoms with E-state index in [1.54, 1.807) is 24.3 Å². The van der Waals surface area contributed by atoms with E-state index in [4.69, 9.17) is 0 Å². The Kier molecular flexibility index (Phi) is 5.13. The van der Waals surface area contributed by atoms with Crippen molar-refractivity contribution < 1.29 is 19.6 Å². The number of hydrogen-bond donors (Lipinski definition) is 2. The van der Waals surface area contributed by atoms with Gasteiger partial charge in [-0.2, -0.15) is 0 Å². The van der Waals surface area contributed by atoms with Crippen LogP contribution >= 0.6 is 0 Å². The van der Waals surface area contributed by atoms with E-state index < -0.39 is 17.3 Å². The molecule has 7 heteroatoms. The zero-order chi connectivity index (χ0) is 19.7. The van der Waals surface area contributed by atoms with E-state index in [9.17, 15) is 19.6 Å². The van der Waals surface area contributed by atoms with Gasteiger partial charge in [0.25, 0.3) is 0 Å². The molecule has 0 spiro atoms. The first-order chi connectivity index (χ1) is 13.6. The Morgan fingerprint density at radius 2 is 1.54 bits per heavy atom. The molecule has 0 radical (unpaired) electrons. The lowest BCUT2D eigenvalue weighted by Gasteiger charge is -2.35. The maximum atomic E-state index is 13.3. The van der Waals surface area contributed by atoms with Gasteiger partial charge >= 0.3 is 5.97 Å². The number of fused-ring (bicyclic) bond motifs is 1. The normalized spacial score (nSPS) is 16.2. The first-order valence-corrected chi connectivity index (χ1v) is 10.1. The highest BCUT2D eigenvalue weighted by molar-refractivity contribution is 7.89. The number of aromatic hydroxyl groups is 1. The molecular weight excluding hydrogens is 376 g/mol. The van der Waals surface area contributed by atoms with Crippen molar-refractivity contribution in [3.05, 3.63) is 66.2 Å². The van der Waals surface area contributed by atoms with Crippen LogP contribution in [-0.4, -0.2) is 51.2 Å². The number of piperazine rings is 1. The number of para-hydroxylation sites is 1. The Bertz CT molecular complexity index is 1000. The van der Waals surface area contributed by atoms with Crippen LogP contribution < -0.4 is 4.90 Å². The van der Waals surface area contributed by atoms with Gasteiger partial charge in [-0.05, 0) is 18.2 Å². The number of hydrogen-bond acceptors (Lipinski definition) is 5. The van der Waals surface area contributed by atoms with Crippen molar-refractivity contribution in [1.82, 2.24) is 4.31 Å². The minimum Gasteiger partial charge on any atom is -0.593 e. The van der Waals surface area contributed by atoms with Crippen LogP contribution in [0.3, 0.4) is 0 Å². The Morgan fingerprint density at radius 1 is 0.929 bits per heavy atom. The van der Waals surface area contributed by atoms with Gasteiger partial charge < -0.3 is 19.7 Å². The number of phenols is 1. The van der Waals surface area contributed by atoms with Gasteiger partial charge in [-0.15, -0.1) is 4.31 Å². The molecule has 0 bridgehead atoms. The number of aromatic carboxylic acids is 1. The van der Waals surface area contributed by atoms with E-state index in [2.05, 4.69) is 17.0 Å². The molecule has 1 fully saturated rings. The summed E-state index contributed by atoms with van der Waals surface area (Å²) >= 11 is -1.52. The van der Waals surface area contributed by atoms with Gasteiger partial charge in [-0.3, -0.25) is 0 Å². The van der Waals surface area contributed by atoms with E-state index in [1.165, 1.54) is 6.07 Å². The van der Waals surface area contributed by atoms with Gasteiger partial charge in [-0.1, -0.05) is 36.4 Å². The van der Waals surface area contributed by atoms with Crippen LogP contribution in [0.1, 0.15) is 10.4 Å². The molecule has 0 aliphatic carbocycles. The van der Waals surface area contributed by atoms with Crippen LogP contribution in [0.25, 0.3) is 10.8 Å². The standard InChI is InChI=1S/C21H20N2O4S/c24-20-17-9-5-4-8-16(17)19(14-18(20)21(25)26)28(27)23-12-10-22(11-13-23)15-6-2-1-3-7-15/h1-9,14,24H,10-13H2,(H,25,26). The van der Waals surface area contributed by atoms with Crippen molar-refractivity contribution in [2.24, 2.45) is 0 Å². The fraction of sp³-hybridized carbons (Fsp3) is 0.190. The van der Waals surface area contributed by atoms with Gasteiger partial charge in [0.2, 0.25) is 0 Å². The molecule has 1 aliphatic rings. The first-order valence-electron chi connectivity index (χ1n) is 9.01. The Labute approximate surface area is 165 Å². The van der Waals surface area contributed by atoms with E-state index >= 15 is 0 Å². The van der Waals surface area contributed by atoms with Crippen molar-refractivity contribution in [2.45, 2.75) is 4.90 Å². The lowest BCUT2D eigenvalue weighted by Crippen LogP contribution is -2.48. The average Bonchev–Trinajstić information content (AvgIpc) is 2.74. The summed E-state index contributed by atoms with van der Waals surface area (Å²) in [6.45, 7) is 2.66. The second-order valence-electron chi connectivity index (χ2n) is 6.62. The fourth-order valence-electron chi connectivity index (χ4n) is 3.52. The molecule has 28 heavy (non-hydrogen) atoms. The van der Waals surface area contributed by atoms with E-state index in [1.807, 2.05) is 22.5 Å². The van der Waals surface area contributed by atoms with Crippen molar-refractivity contribution in [3.63, 3.8) is 0 Å². The quantitative estimate of drug-likeness (QED) is 0.659. The zero-order valence-corrected chi connectivity index (χ0v) is 15.9. The van der Waals surface area contributed by atoms with Gasteiger partial charge in [-0.25, -0.2) is 4.79 Å². The van der Waals surface area contributed by atoms with Crippen molar-refractivity contribution in [2.75, 3.05) is 31.1 Å². The minimum atomic E-state index is -1.52. The predicted molar refractivity (Wildman–Crippen MR) is 109 cm³/mol. The molecule has 144 valence electrons. The smallest absolute Gasteiger partial charge is 0.339 e. The monoisotopic (exact) mass is 396 g/mol. The zero-order valence-electron chi connectivity index (χ0n) is 15.1. The van der Waals surface area contributed by atoms with Crippen LogP contribution in [0.2, 0.25) is 0 Å². The van der Waals surface area contributed by atoms with Gasteiger partial charge in [0.05, 0.1) is 24.5 Å². The summed E-state index contributed by atoms with van der Waals surface area (Å²) in [4.78, 5) is 14.2. The molecule has 0 saturated carbocycles. The molecule has 2 N–H and O–H groups in total. The summed E-state index contributed by atoms with van der Waals surface area (Å²) in [5.41, 5.74) is 0.904. The summed E-state index contributed by atoms with van der Waals surface area (Å²) in [6, 6.07) is 18.3. The van der Waals surface area contributed by atoms with Crippen LogP contribution in [-0.2, 0) is 11.4 Å². The maximum Gasteiger partial charge on any atom is 0.339 e. The largest absolute Gasteiger partial charge is 0.593 e. The van der Waals surface area contributed by atoms with Gasteiger partial charge in [0.15, 0.2) is 4.90 Å². The summed E-state index contributed by atoms with van der Waals surface area (Å²) in [5.74, 6) is -1.53. The first kappa shape index (κ1) is 18.6. The highest BCUT2D eigenvalue weighted by Crippen LogP contribution is 2.35. The number of benzene rings is 3. The molecule has 1 aliphatic heterocycles. The molecule has 3 aromatic carbocycles. The summed E-state index contributed by atoms with van der Waals surface area (Å²) in [7, 11) is 0. The second kappa shape index (κ2) is 7.71. The van der Waals surface area contributed by atoms with Crippen molar-refractivity contribution in [3.8, 4) is 5.75 Å². The van der Waals surface area contributed by atoms with E-state index in [0.717, 1.165) is 18.8 Å². The third-order valence-corrected chi connectivity index (χ3v) is 6.54. The Hall–Kier alpha value is -2.74. The molecule has 1 unspecified atom stereocenters. The molecule has 4 rings (SSSR count). The number of carboxylic acids is 1. The van der Waals surface area contributed by atoms with Crippen LogP contribution in [0, 0.1) is 0 Å². The molecule has 1 heterocycles. The number of carboxylic acid groups (broad SMARTS) is 1. The Balaban J connectivity index is 1.62. The summed E-state index contributed by atoms with van der Waals surface area (Å²) < 4.78 is 15.1. The van der Waals surface area contributed by atoms with Crippen LogP contribution in [0.5, 0.6) is 5.75 Å². The molecule has 0 aromatic heterocycles. The third-order valence-electron chi connectivity index (χ3n) is 4.99. The SMILES string of the molecule is O=C(O)c1cc([S+]([O-])N2CCN(c3ccccc3)CC2)c2ccccc2c1O. The summed E-state index contributed by atoms with van der Waals surface area (Å²) in [5, 5.41) is 20.7. The molecule has 0 amide bonds. The topological polar surface area (TPSA) is 87.1 Å². The second-order valence-corrected chi connectivity index (χ2v) is 8.08. The molecular formula is C21H20N2O4S. The summed E-state index contributed by atoms with van der Waals surface area (Å²) in [6.07, 6.45) is 0. The average molecular weight is 396 g/mol. The highest BCUT2D eigenvalue weighted by atomic mass is 32.2. The minimum absolute atomic E-state index is 0.232. The van der Waals surface area contributed by atoms with Crippen LogP contribution in [0.4, 0.5) is 5.69 Å².